The van der Waals surface area contributed by atoms with Crippen molar-refractivity contribution in [2.45, 2.75) is 6.92 Å². The molecule has 9 aromatic rings. The standard InChI is InChI=1S/C47H32N2O/c1-31-19-21-32(22-20-31)33-23-25-34(26-24-33)35-27-29-38(30-28-35)45-44(36-11-4-2-5-12-36)49-47(46(48-45)37-13-6-3-7-14-37)40-16-10-18-42-43(40)39-15-8-9-17-41(39)50-42/h2-30H,1H3. The van der Waals surface area contributed by atoms with Crippen LogP contribution >= 0.6 is 0 Å². The summed E-state index contributed by atoms with van der Waals surface area (Å²) in [4.78, 5) is 11.0. The maximum absolute atomic E-state index is 6.30. The normalized spacial score (nSPS) is 11.3. The van der Waals surface area contributed by atoms with E-state index < -0.39 is 0 Å². The van der Waals surface area contributed by atoms with Crippen molar-refractivity contribution in [3.8, 4) is 67.3 Å². The van der Waals surface area contributed by atoms with E-state index in [1.165, 1.54) is 22.3 Å². The fourth-order valence-electron chi connectivity index (χ4n) is 6.81. The highest BCUT2D eigenvalue weighted by Crippen LogP contribution is 2.42. The van der Waals surface area contributed by atoms with E-state index in [-0.39, 0.29) is 0 Å². The topological polar surface area (TPSA) is 38.9 Å². The molecule has 0 aliphatic rings. The first-order valence-electron chi connectivity index (χ1n) is 16.9. The van der Waals surface area contributed by atoms with Crippen LogP contribution in [0.5, 0.6) is 0 Å². The van der Waals surface area contributed by atoms with E-state index >= 15 is 0 Å². The summed E-state index contributed by atoms with van der Waals surface area (Å²) in [6, 6.07) is 61.3. The van der Waals surface area contributed by atoms with Gasteiger partial charge in [-0.15, -0.1) is 0 Å². The highest BCUT2D eigenvalue weighted by molar-refractivity contribution is 6.13. The minimum atomic E-state index is 0.821. The Morgan fingerprint density at radius 3 is 1.34 bits per heavy atom. The molecule has 0 amide bonds. The molecule has 0 saturated heterocycles. The summed E-state index contributed by atoms with van der Waals surface area (Å²) < 4.78 is 6.30. The molecule has 0 aliphatic carbocycles. The average molecular weight is 641 g/mol. The van der Waals surface area contributed by atoms with Crippen LogP contribution in [0.2, 0.25) is 0 Å². The second-order valence-electron chi connectivity index (χ2n) is 12.6. The number of aromatic nitrogens is 2. The molecular formula is C47H32N2O. The van der Waals surface area contributed by atoms with Gasteiger partial charge in [0.2, 0.25) is 0 Å². The first-order chi connectivity index (χ1) is 24.7. The smallest absolute Gasteiger partial charge is 0.136 e. The second-order valence-corrected chi connectivity index (χ2v) is 12.6. The molecular weight excluding hydrogens is 609 g/mol. The van der Waals surface area contributed by atoms with E-state index in [4.69, 9.17) is 14.4 Å². The number of furan rings is 1. The summed E-state index contributed by atoms with van der Waals surface area (Å²) in [5, 5.41) is 2.10. The van der Waals surface area contributed by atoms with Gasteiger partial charge in [-0.2, -0.15) is 0 Å². The number of aryl methyl sites for hydroxylation is 1. The monoisotopic (exact) mass is 640 g/mol. The molecule has 9 rings (SSSR count). The maximum Gasteiger partial charge on any atom is 0.136 e. The Balaban J connectivity index is 1.21. The molecule has 7 aromatic carbocycles. The van der Waals surface area contributed by atoms with Crippen LogP contribution in [0.4, 0.5) is 0 Å². The van der Waals surface area contributed by atoms with Gasteiger partial charge in [0.1, 0.15) is 11.2 Å². The predicted octanol–water partition coefficient (Wildman–Crippen LogP) is 12.7. The molecule has 0 atom stereocenters. The van der Waals surface area contributed by atoms with Gasteiger partial charge in [-0.3, -0.25) is 0 Å². The lowest BCUT2D eigenvalue weighted by atomic mass is 9.96. The van der Waals surface area contributed by atoms with Gasteiger partial charge in [0.15, 0.2) is 0 Å². The molecule has 3 heteroatoms. The first-order valence-corrected chi connectivity index (χ1v) is 16.9. The summed E-state index contributed by atoms with van der Waals surface area (Å²) in [7, 11) is 0. The third-order valence-corrected chi connectivity index (χ3v) is 9.41. The molecule has 0 fully saturated rings. The van der Waals surface area contributed by atoms with Gasteiger partial charge in [-0.05, 0) is 41.3 Å². The van der Waals surface area contributed by atoms with E-state index in [2.05, 4.69) is 146 Å². The Hall–Kier alpha value is -6.58. The van der Waals surface area contributed by atoms with Crippen molar-refractivity contribution < 1.29 is 4.42 Å². The Morgan fingerprint density at radius 2 is 0.760 bits per heavy atom. The highest BCUT2D eigenvalue weighted by Gasteiger charge is 2.22. The van der Waals surface area contributed by atoms with E-state index in [9.17, 15) is 0 Å². The van der Waals surface area contributed by atoms with Gasteiger partial charge in [0, 0.05) is 33.0 Å². The van der Waals surface area contributed by atoms with E-state index in [1.54, 1.807) is 0 Å². The summed E-state index contributed by atoms with van der Waals surface area (Å²) >= 11 is 0. The molecule has 0 bridgehead atoms. The number of para-hydroxylation sites is 1. The molecule has 0 aliphatic heterocycles. The minimum Gasteiger partial charge on any atom is -0.456 e. The Bertz CT molecular complexity index is 2600. The molecule has 50 heavy (non-hydrogen) atoms. The van der Waals surface area contributed by atoms with Crippen LogP contribution in [0.25, 0.3) is 89.2 Å². The Morgan fingerprint density at radius 1 is 0.340 bits per heavy atom. The van der Waals surface area contributed by atoms with Crippen LogP contribution in [0.1, 0.15) is 5.56 Å². The molecule has 0 unspecified atom stereocenters. The van der Waals surface area contributed by atoms with Crippen LogP contribution in [0, 0.1) is 6.92 Å². The van der Waals surface area contributed by atoms with Gasteiger partial charge in [0.25, 0.3) is 0 Å². The number of benzene rings is 7. The lowest BCUT2D eigenvalue weighted by molar-refractivity contribution is 0.669. The Kier molecular flexibility index (Phi) is 7.37. The number of hydrogen-bond donors (Lipinski definition) is 0. The van der Waals surface area contributed by atoms with Crippen molar-refractivity contribution in [3.05, 3.63) is 181 Å². The highest BCUT2D eigenvalue weighted by atomic mass is 16.3. The third-order valence-electron chi connectivity index (χ3n) is 9.41. The molecule has 236 valence electrons. The Labute approximate surface area is 291 Å². The number of fused-ring (bicyclic) bond motifs is 3. The van der Waals surface area contributed by atoms with Crippen molar-refractivity contribution in [1.29, 1.82) is 0 Å². The summed E-state index contributed by atoms with van der Waals surface area (Å²) in [5.74, 6) is 0. The van der Waals surface area contributed by atoms with Crippen molar-refractivity contribution in [2.75, 3.05) is 0 Å². The molecule has 3 nitrogen and oxygen atoms in total. The lowest BCUT2D eigenvalue weighted by Gasteiger charge is -2.17. The number of nitrogens with zero attached hydrogens (tertiary/aromatic N) is 2. The van der Waals surface area contributed by atoms with Crippen molar-refractivity contribution in [3.63, 3.8) is 0 Å². The molecule has 0 spiro atoms. The lowest BCUT2D eigenvalue weighted by Crippen LogP contribution is -2.01. The number of hydrogen-bond acceptors (Lipinski definition) is 3. The average Bonchev–Trinajstić information content (AvgIpc) is 3.58. The van der Waals surface area contributed by atoms with Crippen LogP contribution in [0.3, 0.4) is 0 Å². The van der Waals surface area contributed by atoms with Crippen molar-refractivity contribution in [1.82, 2.24) is 9.97 Å². The molecule has 0 saturated carbocycles. The number of rotatable bonds is 6. The zero-order chi connectivity index (χ0) is 33.4. The summed E-state index contributed by atoms with van der Waals surface area (Å²) in [6.07, 6.45) is 0. The fourth-order valence-corrected chi connectivity index (χ4v) is 6.81. The minimum absolute atomic E-state index is 0.821. The van der Waals surface area contributed by atoms with Gasteiger partial charge in [-0.25, -0.2) is 9.97 Å². The molecule has 0 N–H and O–H groups in total. The van der Waals surface area contributed by atoms with Crippen LogP contribution in [-0.4, -0.2) is 9.97 Å². The van der Waals surface area contributed by atoms with Gasteiger partial charge < -0.3 is 4.42 Å². The SMILES string of the molecule is Cc1ccc(-c2ccc(-c3ccc(-c4nc(-c5ccccc5)c(-c5cccc6oc7ccccc7c56)nc4-c4ccccc4)cc3)cc2)cc1. The second kappa shape index (κ2) is 12.5. The zero-order valence-electron chi connectivity index (χ0n) is 27.5. The van der Waals surface area contributed by atoms with Crippen LogP contribution < -0.4 is 0 Å². The van der Waals surface area contributed by atoms with Crippen LogP contribution in [-0.2, 0) is 0 Å². The third kappa shape index (κ3) is 5.35. The summed E-state index contributed by atoms with van der Waals surface area (Å²) in [5.41, 5.74) is 15.0. The molecule has 2 aromatic heterocycles. The van der Waals surface area contributed by atoms with Crippen molar-refractivity contribution in [2.24, 2.45) is 0 Å². The molecule has 0 radical (unpaired) electrons. The quantitative estimate of drug-likeness (QED) is 0.182. The largest absolute Gasteiger partial charge is 0.456 e. The zero-order valence-corrected chi connectivity index (χ0v) is 27.5. The van der Waals surface area contributed by atoms with Gasteiger partial charge >= 0.3 is 0 Å². The fraction of sp³-hybridized carbons (Fsp3) is 0.0213. The molecule has 2 heterocycles. The van der Waals surface area contributed by atoms with E-state index in [1.807, 2.05) is 36.4 Å². The van der Waals surface area contributed by atoms with E-state index in [0.29, 0.717) is 0 Å². The summed E-state index contributed by atoms with van der Waals surface area (Å²) in [6.45, 7) is 2.12. The van der Waals surface area contributed by atoms with Crippen LogP contribution in [0.15, 0.2) is 180 Å². The van der Waals surface area contributed by atoms with Crippen molar-refractivity contribution >= 4 is 21.9 Å². The van der Waals surface area contributed by atoms with E-state index in [0.717, 1.165) is 72.5 Å². The van der Waals surface area contributed by atoms with Gasteiger partial charge in [0.05, 0.1) is 22.8 Å². The van der Waals surface area contributed by atoms with Gasteiger partial charge in [-0.1, -0.05) is 169 Å². The first kappa shape index (κ1) is 29.6. The maximum atomic E-state index is 6.30. The predicted molar refractivity (Wildman–Crippen MR) is 207 cm³/mol.